The second-order valence-electron chi connectivity index (χ2n) is 5.79. The Labute approximate surface area is 99.6 Å². The summed E-state index contributed by atoms with van der Waals surface area (Å²) in [7, 11) is -0.609. The number of carbonyl (C=O) groups is 1. The van der Waals surface area contributed by atoms with Crippen LogP contribution in [0.4, 0.5) is 0 Å². The SMILES string of the molecule is O=C(CC1CCC1)C1CC2CCC(C1)S2=O. The van der Waals surface area contributed by atoms with Crippen LogP contribution in [-0.4, -0.2) is 20.5 Å². The lowest BCUT2D eigenvalue weighted by molar-refractivity contribution is -0.124. The van der Waals surface area contributed by atoms with Crippen molar-refractivity contribution in [2.45, 2.75) is 61.9 Å². The summed E-state index contributed by atoms with van der Waals surface area (Å²) >= 11 is 0. The van der Waals surface area contributed by atoms with Crippen LogP contribution in [0.25, 0.3) is 0 Å². The molecule has 0 amide bonds. The van der Waals surface area contributed by atoms with E-state index in [2.05, 4.69) is 0 Å². The van der Waals surface area contributed by atoms with Crippen molar-refractivity contribution >= 4 is 16.6 Å². The molecule has 2 unspecified atom stereocenters. The van der Waals surface area contributed by atoms with E-state index in [4.69, 9.17) is 0 Å². The number of hydrogen-bond donors (Lipinski definition) is 0. The van der Waals surface area contributed by atoms with Crippen LogP contribution in [-0.2, 0) is 15.6 Å². The van der Waals surface area contributed by atoms with Gasteiger partial charge in [0.15, 0.2) is 0 Å². The highest BCUT2D eigenvalue weighted by Crippen LogP contribution is 2.40. The predicted molar refractivity (Wildman–Crippen MR) is 64.6 cm³/mol. The highest BCUT2D eigenvalue weighted by Gasteiger charge is 2.42. The fraction of sp³-hybridized carbons (Fsp3) is 0.923. The molecule has 2 atom stereocenters. The maximum absolute atomic E-state index is 12.1. The van der Waals surface area contributed by atoms with E-state index in [1.54, 1.807) is 0 Å². The van der Waals surface area contributed by atoms with Gasteiger partial charge in [0.1, 0.15) is 5.78 Å². The minimum atomic E-state index is -0.609. The van der Waals surface area contributed by atoms with Crippen molar-refractivity contribution in [1.82, 2.24) is 0 Å². The monoisotopic (exact) mass is 240 g/mol. The van der Waals surface area contributed by atoms with Gasteiger partial charge in [0, 0.05) is 33.6 Å². The Balaban J connectivity index is 1.59. The molecule has 3 rings (SSSR count). The molecule has 1 aliphatic carbocycles. The average molecular weight is 240 g/mol. The molecule has 2 heterocycles. The Hall–Kier alpha value is -0.180. The van der Waals surface area contributed by atoms with Crippen LogP contribution in [0.3, 0.4) is 0 Å². The third-order valence-electron chi connectivity index (χ3n) is 4.73. The number of hydrogen-bond acceptors (Lipinski definition) is 2. The van der Waals surface area contributed by atoms with E-state index in [1.807, 2.05) is 0 Å². The maximum atomic E-state index is 12.1. The van der Waals surface area contributed by atoms with Crippen LogP contribution in [0.1, 0.15) is 51.4 Å². The van der Waals surface area contributed by atoms with Gasteiger partial charge in [0.2, 0.25) is 0 Å². The highest BCUT2D eigenvalue weighted by molar-refractivity contribution is 7.86. The lowest BCUT2D eigenvalue weighted by Crippen LogP contribution is -2.33. The number of ketones is 1. The lowest BCUT2D eigenvalue weighted by atomic mass is 9.78. The van der Waals surface area contributed by atoms with Crippen molar-refractivity contribution < 1.29 is 9.00 Å². The van der Waals surface area contributed by atoms with Gasteiger partial charge in [-0.3, -0.25) is 9.00 Å². The van der Waals surface area contributed by atoms with Crippen LogP contribution in [0.2, 0.25) is 0 Å². The Morgan fingerprint density at radius 1 is 1.06 bits per heavy atom. The van der Waals surface area contributed by atoms with Crippen LogP contribution in [0.15, 0.2) is 0 Å². The van der Waals surface area contributed by atoms with Crippen LogP contribution >= 0.6 is 0 Å². The summed E-state index contributed by atoms with van der Waals surface area (Å²) in [4.78, 5) is 12.1. The molecule has 3 aliphatic rings. The van der Waals surface area contributed by atoms with Crippen molar-refractivity contribution in [1.29, 1.82) is 0 Å². The second-order valence-corrected chi connectivity index (χ2v) is 7.78. The van der Waals surface area contributed by atoms with Crippen molar-refractivity contribution in [2.75, 3.05) is 0 Å². The van der Waals surface area contributed by atoms with E-state index in [-0.39, 0.29) is 5.92 Å². The summed E-state index contributed by atoms with van der Waals surface area (Å²) in [5, 5.41) is 0.711. The molecule has 3 fully saturated rings. The fourth-order valence-corrected chi connectivity index (χ4v) is 5.57. The van der Waals surface area contributed by atoms with Gasteiger partial charge in [-0.25, -0.2) is 0 Å². The van der Waals surface area contributed by atoms with Gasteiger partial charge in [0.25, 0.3) is 0 Å². The molecule has 0 aromatic carbocycles. The third-order valence-corrected chi connectivity index (χ3v) is 6.90. The maximum Gasteiger partial charge on any atom is 0.136 e. The molecule has 1 saturated carbocycles. The first-order valence-corrected chi connectivity index (χ1v) is 7.93. The Kier molecular flexibility index (Phi) is 2.90. The topological polar surface area (TPSA) is 34.1 Å². The van der Waals surface area contributed by atoms with Crippen molar-refractivity contribution in [3.63, 3.8) is 0 Å². The molecule has 3 heteroatoms. The first-order valence-electron chi connectivity index (χ1n) is 6.66. The summed E-state index contributed by atoms with van der Waals surface area (Å²) in [6.07, 6.45) is 8.71. The van der Waals surface area contributed by atoms with E-state index >= 15 is 0 Å². The van der Waals surface area contributed by atoms with Gasteiger partial charge < -0.3 is 0 Å². The van der Waals surface area contributed by atoms with Gasteiger partial charge in [-0.05, 0) is 31.6 Å². The van der Waals surface area contributed by atoms with E-state index in [9.17, 15) is 9.00 Å². The zero-order chi connectivity index (χ0) is 11.1. The van der Waals surface area contributed by atoms with Gasteiger partial charge in [-0.1, -0.05) is 19.3 Å². The quantitative estimate of drug-likeness (QED) is 0.759. The molecule has 16 heavy (non-hydrogen) atoms. The zero-order valence-electron chi connectivity index (χ0n) is 9.69. The van der Waals surface area contributed by atoms with E-state index < -0.39 is 10.8 Å². The predicted octanol–water partition coefficient (Wildman–Crippen LogP) is 2.44. The fourth-order valence-electron chi connectivity index (χ4n) is 3.44. The largest absolute Gasteiger partial charge is 0.299 e. The number of fused-ring (bicyclic) bond motifs is 2. The minimum absolute atomic E-state index is 0.260. The molecule has 0 aromatic heterocycles. The van der Waals surface area contributed by atoms with Crippen molar-refractivity contribution in [3.8, 4) is 0 Å². The van der Waals surface area contributed by atoms with Crippen molar-refractivity contribution in [2.24, 2.45) is 11.8 Å². The Morgan fingerprint density at radius 2 is 1.69 bits per heavy atom. The smallest absolute Gasteiger partial charge is 0.136 e. The number of Topliss-reactive ketones (excluding diaryl/α,β-unsaturated/α-hetero) is 1. The number of carbonyl (C=O) groups excluding carboxylic acids is 1. The molecular formula is C13H20O2S. The zero-order valence-corrected chi connectivity index (χ0v) is 10.5. The molecule has 2 aliphatic heterocycles. The number of rotatable bonds is 3. The van der Waals surface area contributed by atoms with Crippen molar-refractivity contribution in [3.05, 3.63) is 0 Å². The molecule has 2 nitrogen and oxygen atoms in total. The van der Waals surface area contributed by atoms with Crippen LogP contribution in [0.5, 0.6) is 0 Å². The van der Waals surface area contributed by atoms with Gasteiger partial charge in [-0.2, -0.15) is 0 Å². The summed E-state index contributed by atoms with van der Waals surface area (Å²) in [6.45, 7) is 0. The van der Waals surface area contributed by atoms with E-state index in [0.717, 1.165) is 32.1 Å². The van der Waals surface area contributed by atoms with Crippen LogP contribution in [0, 0.1) is 11.8 Å². The Morgan fingerprint density at radius 3 is 2.19 bits per heavy atom. The van der Waals surface area contributed by atoms with Gasteiger partial charge >= 0.3 is 0 Å². The molecule has 0 spiro atoms. The molecule has 2 bridgehead atoms. The molecule has 90 valence electrons. The Bertz CT molecular complexity index is 306. The summed E-state index contributed by atoms with van der Waals surface area (Å²) < 4.78 is 11.8. The molecule has 0 aromatic rings. The highest BCUT2D eigenvalue weighted by atomic mass is 32.2. The second kappa shape index (κ2) is 4.25. The molecule has 2 saturated heterocycles. The molecule has 0 radical (unpaired) electrons. The lowest BCUT2D eigenvalue weighted by Gasteiger charge is -2.30. The van der Waals surface area contributed by atoms with Gasteiger partial charge in [0.05, 0.1) is 0 Å². The third kappa shape index (κ3) is 1.87. The van der Waals surface area contributed by atoms with E-state index in [0.29, 0.717) is 22.2 Å². The summed E-state index contributed by atoms with van der Waals surface area (Å²) in [5.74, 6) is 1.44. The van der Waals surface area contributed by atoms with Gasteiger partial charge in [-0.15, -0.1) is 0 Å². The molecular weight excluding hydrogens is 220 g/mol. The first-order chi connectivity index (χ1) is 7.74. The summed E-state index contributed by atoms with van der Waals surface area (Å²) in [6, 6.07) is 0. The average Bonchev–Trinajstić information content (AvgIpc) is 2.48. The summed E-state index contributed by atoms with van der Waals surface area (Å²) in [5.41, 5.74) is 0. The first kappa shape index (κ1) is 10.9. The van der Waals surface area contributed by atoms with Crippen LogP contribution < -0.4 is 0 Å². The van der Waals surface area contributed by atoms with E-state index in [1.165, 1.54) is 19.3 Å². The standard InChI is InChI=1S/C13H20O2S/c14-13(6-9-2-1-3-9)10-7-11-4-5-12(8-10)16(11)15/h9-12H,1-8H2. The minimum Gasteiger partial charge on any atom is -0.299 e. The normalized spacial score (nSPS) is 43.0. The molecule has 0 N–H and O–H groups in total.